The fourth-order valence-electron chi connectivity index (χ4n) is 1.27. The predicted molar refractivity (Wildman–Crippen MR) is 72.0 cm³/mol. The molecular formula is C11H10Cl3N3O. The number of hydrogen-bond acceptors (Lipinski definition) is 3. The zero-order valence-corrected chi connectivity index (χ0v) is 12.0. The molecule has 0 atom stereocenters. The van der Waals surface area contributed by atoms with E-state index in [0.29, 0.717) is 10.8 Å². The van der Waals surface area contributed by atoms with Crippen molar-refractivity contribution >= 4 is 34.8 Å². The van der Waals surface area contributed by atoms with Gasteiger partial charge in [0.1, 0.15) is 5.02 Å². The van der Waals surface area contributed by atoms with Crippen molar-refractivity contribution in [1.82, 2.24) is 14.8 Å². The van der Waals surface area contributed by atoms with Crippen LogP contribution in [-0.2, 0) is 0 Å². The summed E-state index contributed by atoms with van der Waals surface area (Å²) in [5.74, 6) is 0.742. The van der Waals surface area contributed by atoms with E-state index in [4.69, 9.17) is 39.5 Å². The minimum absolute atomic E-state index is 0.146. The van der Waals surface area contributed by atoms with E-state index in [0.717, 1.165) is 0 Å². The number of pyridine rings is 1. The maximum absolute atomic E-state index is 5.96. The zero-order valence-electron chi connectivity index (χ0n) is 9.69. The Morgan fingerprint density at radius 2 is 1.94 bits per heavy atom. The lowest BCUT2D eigenvalue weighted by Crippen LogP contribution is -1.99. The van der Waals surface area contributed by atoms with Gasteiger partial charge in [-0.25, -0.2) is 0 Å². The molecule has 0 aliphatic carbocycles. The first kappa shape index (κ1) is 13.5. The lowest BCUT2D eigenvalue weighted by Gasteiger charge is -2.06. The van der Waals surface area contributed by atoms with Crippen molar-refractivity contribution in [3.05, 3.63) is 33.7 Å². The molecule has 0 saturated carbocycles. The van der Waals surface area contributed by atoms with Crippen LogP contribution in [0.5, 0.6) is 11.6 Å². The van der Waals surface area contributed by atoms with Crippen molar-refractivity contribution in [2.45, 2.75) is 19.9 Å². The average Bonchev–Trinajstić information content (AvgIpc) is 2.74. The van der Waals surface area contributed by atoms with E-state index < -0.39 is 0 Å². The van der Waals surface area contributed by atoms with Crippen molar-refractivity contribution in [2.24, 2.45) is 0 Å². The Bertz CT molecular complexity index is 569. The fraction of sp³-hybridized carbons (Fsp3) is 0.273. The van der Waals surface area contributed by atoms with Crippen LogP contribution < -0.4 is 4.74 Å². The van der Waals surface area contributed by atoms with Crippen LogP contribution in [0.3, 0.4) is 0 Å². The molecule has 0 bridgehead atoms. The van der Waals surface area contributed by atoms with Gasteiger partial charge in [-0.3, -0.25) is 4.68 Å². The van der Waals surface area contributed by atoms with Gasteiger partial charge in [0, 0.05) is 6.04 Å². The first-order valence-electron chi connectivity index (χ1n) is 5.21. The van der Waals surface area contributed by atoms with Crippen molar-refractivity contribution in [1.29, 1.82) is 0 Å². The summed E-state index contributed by atoms with van der Waals surface area (Å²) in [4.78, 5) is 3.96. The average molecular weight is 307 g/mol. The number of ether oxygens (including phenoxy) is 1. The van der Waals surface area contributed by atoms with E-state index in [9.17, 15) is 0 Å². The SMILES string of the molecule is CC(C)n1cc(Oc2nc(Cl)c(Cl)cc2Cl)cn1. The van der Waals surface area contributed by atoms with E-state index >= 15 is 0 Å². The summed E-state index contributed by atoms with van der Waals surface area (Å²) >= 11 is 17.6. The molecule has 0 saturated heterocycles. The molecule has 0 aromatic carbocycles. The quantitative estimate of drug-likeness (QED) is 0.777. The molecule has 0 spiro atoms. The molecular weight excluding hydrogens is 296 g/mol. The van der Waals surface area contributed by atoms with Crippen molar-refractivity contribution < 1.29 is 4.74 Å². The second-order valence-electron chi connectivity index (χ2n) is 3.90. The second kappa shape index (κ2) is 5.34. The lowest BCUT2D eigenvalue weighted by molar-refractivity contribution is 0.459. The second-order valence-corrected chi connectivity index (χ2v) is 5.07. The standard InChI is InChI=1S/C11H10Cl3N3O/c1-6(2)17-5-7(4-15-17)18-11-9(13)3-8(12)10(14)16-11/h3-6H,1-2H3. The first-order valence-corrected chi connectivity index (χ1v) is 6.34. The highest BCUT2D eigenvalue weighted by Gasteiger charge is 2.11. The Morgan fingerprint density at radius 3 is 2.56 bits per heavy atom. The van der Waals surface area contributed by atoms with Crippen LogP contribution in [0.4, 0.5) is 0 Å². The first-order chi connectivity index (χ1) is 8.47. The summed E-state index contributed by atoms with van der Waals surface area (Å²) in [5.41, 5.74) is 0. The molecule has 0 fully saturated rings. The monoisotopic (exact) mass is 305 g/mol. The van der Waals surface area contributed by atoms with E-state index in [1.54, 1.807) is 17.1 Å². The molecule has 0 N–H and O–H groups in total. The predicted octanol–water partition coefficient (Wildman–Crippen LogP) is 4.61. The Hall–Kier alpha value is -0.970. The summed E-state index contributed by atoms with van der Waals surface area (Å²) in [6.45, 7) is 4.03. The Morgan fingerprint density at radius 1 is 1.22 bits per heavy atom. The number of aromatic nitrogens is 3. The lowest BCUT2D eigenvalue weighted by atomic mass is 10.4. The zero-order chi connectivity index (χ0) is 13.3. The highest BCUT2D eigenvalue weighted by molar-refractivity contribution is 6.42. The van der Waals surface area contributed by atoms with Gasteiger partial charge >= 0.3 is 0 Å². The van der Waals surface area contributed by atoms with E-state index in [1.807, 2.05) is 13.8 Å². The Labute approximate surface area is 119 Å². The summed E-state index contributed by atoms with van der Waals surface area (Å²) < 4.78 is 7.27. The van der Waals surface area contributed by atoms with Gasteiger partial charge in [-0.15, -0.1) is 0 Å². The Balaban J connectivity index is 2.25. The third kappa shape index (κ3) is 2.88. The van der Waals surface area contributed by atoms with Crippen LogP contribution in [0.25, 0.3) is 0 Å². The number of halogens is 3. The molecule has 0 amide bonds. The van der Waals surface area contributed by atoms with Crippen LogP contribution in [0, 0.1) is 0 Å². The number of nitrogens with zero attached hydrogens (tertiary/aromatic N) is 3. The van der Waals surface area contributed by atoms with Crippen LogP contribution in [0.2, 0.25) is 15.2 Å². The van der Waals surface area contributed by atoms with Gasteiger partial charge < -0.3 is 4.74 Å². The highest BCUT2D eigenvalue weighted by Crippen LogP contribution is 2.33. The molecule has 2 rings (SSSR count). The summed E-state index contributed by atoms with van der Waals surface area (Å²) in [7, 11) is 0. The molecule has 18 heavy (non-hydrogen) atoms. The molecule has 0 radical (unpaired) electrons. The highest BCUT2D eigenvalue weighted by atomic mass is 35.5. The Kier molecular flexibility index (Phi) is 4.00. The number of hydrogen-bond donors (Lipinski definition) is 0. The summed E-state index contributed by atoms with van der Waals surface area (Å²) in [6.07, 6.45) is 3.34. The van der Waals surface area contributed by atoms with Crippen molar-refractivity contribution in [2.75, 3.05) is 0 Å². The van der Waals surface area contributed by atoms with Crippen molar-refractivity contribution in [3.8, 4) is 11.6 Å². The third-order valence-corrected chi connectivity index (χ3v) is 3.12. The van der Waals surface area contributed by atoms with Crippen LogP contribution in [0.1, 0.15) is 19.9 Å². The van der Waals surface area contributed by atoms with Crippen molar-refractivity contribution in [3.63, 3.8) is 0 Å². The third-order valence-electron chi connectivity index (χ3n) is 2.18. The van der Waals surface area contributed by atoms with E-state index in [-0.39, 0.29) is 22.1 Å². The number of rotatable bonds is 3. The van der Waals surface area contributed by atoms with Gasteiger partial charge in [0.2, 0.25) is 5.88 Å². The van der Waals surface area contributed by atoms with Crippen LogP contribution in [0.15, 0.2) is 18.5 Å². The molecule has 2 heterocycles. The minimum atomic E-state index is 0.146. The smallest absolute Gasteiger partial charge is 0.239 e. The van der Waals surface area contributed by atoms with Gasteiger partial charge in [0.15, 0.2) is 10.9 Å². The molecule has 0 unspecified atom stereocenters. The minimum Gasteiger partial charge on any atom is -0.434 e. The molecule has 7 heteroatoms. The molecule has 0 aliphatic rings. The molecule has 2 aromatic rings. The summed E-state index contributed by atoms with van der Waals surface area (Å²) in [5, 5.41) is 4.87. The largest absolute Gasteiger partial charge is 0.434 e. The fourth-order valence-corrected chi connectivity index (χ4v) is 1.80. The maximum Gasteiger partial charge on any atom is 0.239 e. The normalized spacial score (nSPS) is 11.0. The molecule has 4 nitrogen and oxygen atoms in total. The summed E-state index contributed by atoms with van der Waals surface area (Å²) in [6, 6.07) is 1.74. The molecule has 0 aliphatic heterocycles. The van der Waals surface area contributed by atoms with Gasteiger partial charge in [0.25, 0.3) is 0 Å². The molecule has 2 aromatic heterocycles. The van der Waals surface area contributed by atoms with Gasteiger partial charge in [0.05, 0.1) is 17.4 Å². The van der Waals surface area contributed by atoms with E-state index in [1.165, 1.54) is 6.07 Å². The van der Waals surface area contributed by atoms with Crippen LogP contribution >= 0.6 is 34.8 Å². The topological polar surface area (TPSA) is 39.9 Å². The van der Waals surface area contributed by atoms with Gasteiger partial charge in [-0.2, -0.15) is 10.1 Å². The maximum atomic E-state index is 5.96. The van der Waals surface area contributed by atoms with Gasteiger partial charge in [-0.05, 0) is 19.9 Å². The molecule has 96 valence electrons. The van der Waals surface area contributed by atoms with Gasteiger partial charge in [-0.1, -0.05) is 34.8 Å². The van der Waals surface area contributed by atoms with Crippen LogP contribution in [-0.4, -0.2) is 14.8 Å². The van der Waals surface area contributed by atoms with E-state index in [2.05, 4.69) is 10.1 Å².